The topological polar surface area (TPSA) is 49.8 Å². The minimum atomic E-state index is -1.04. The third kappa shape index (κ3) is 2.67. The number of rotatable bonds is 3. The van der Waals surface area contributed by atoms with Gasteiger partial charge in [0, 0.05) is 19.2 Å². The zero-order valence-electron chi connectivity index (χ0n) is 11.0. The molecule has 2 heterocycles. The number of ether oxygens (including phenoxy) is 1. The molecule has 2 atom stereocenters. The zero-order chi connectivity index (χ0) is 14.1. The van der Waals surface area contributed by atoms with E-state index in [9.17, 15) is 9.18 Å². The van der Waals surface area contributed by atoms with Crippen LogP contribution in [0.2, 0.25) is 0 Å². The zero-order valence-corrected chi connectivity index (χ0v) is 11.0. The van der Waals surface area contributed by atoms with Crippen LogP contribution in [-0.2, 0) is 9.53 Å². The molecule has 1 N–H and O–H groups in total. The number of anilines is 1. The number of morpholine rings is 1. The van der Waals surface area contributed by atoms with Gasteiger partial charge in [0.1, 0.15) is 5.82 Å². The van der Waals surface area contributed by atoms with Crippen LogP contribution in [0.15, 0.2) is 24.3 Å². The van der Waals surface area contributed by atoms with Crippen molar-refractivity contribution < 1.29 is 19.0 Å². The number of nitrogens with zero attached hydrogens (tertiary/aromatic N) is 1. The van der Waals surface area contributed by atoms with Crippen molar-refractivity contribution in [2.24, 2.45) is 0 Å². The highest BCUT2D eigenvalue weighted by molar-refractivity contribution is 5.85. The summed E-state index contributed by atoms with van der Waals surface area (Å²) in [5.74, 6) is -1.36. The van der Waals surface area contributed by atoms with Gasteiger partial charge in [-0.25, -0.2) is 9.18 Å². The summed E-state index contributed by atoms with van der Waals surface area (Å²) in [5.41, 5.74) is 1.11. The monoisotopic (exact) mass is 277 g/mol. The second-order valence-corrected chi connectivity index (χ2v) is 5.24. The molecule has 2 unspecified atom stereocenters. The van der Waals surface area contributed by atoms with Crippen molar-refractivity contribution in [2.45, 2.75) is 25.0 Å². The summed E-state index contributed by atoms with van der Waals surface area (Å²) >= 11 is 0. The molecule has 2 aliphatic heterocycles. The summed E-state index contributed by atoms with van der Waals surface area (Å²) in [6.07, 6.45) is 4.89. The summed E-state index contributed by atoms with van der Waals surface area (Å²) in [6, 6.07) is 4.81. The van der Waals surface area contributed by atoms with Crippen molar-refractivity contribution in [1.82, 2.24) is 0 Å². The Hall–Kier alpha value is -1.88. The van der Waals surface area contributed by atoms with E-state index >= 15 is 0 Å². The molecule has 106 valence electrons. The van der Waals surface area contributed by atoms with E-state index in [0.29, 0.717) is 11.3 Å². The van der Waals surface area contributed by atoms with Crippen LogP contribution in [0, 0.1) is 5.82 Å². The van der Waals surface area contributed by atoms with E-state index in [2.05, 4.69) is 0 Å². The van der Waals surface area contributed by atoms with Crippen LogP contribution in [0.1, 0.15) is 18.4 Å². The Labute approximate surface area is 116 Å². The van der Waals surface area contributed by atoms with Gasteiger partial charge in [-0.1, -0.05) is 6.07 Å². The quantitative estimate of drug-likeness (QED) is 0.861. The maximum Gasteiger partial charge on any atom is 0.328 e. The molecular formula is C15H16FNO3. The van der Waals surface area contributed by atoms with Crippen LogP contribution in [0.3, 0.4) is 0 Å². The number of benzene rings is 1. The number of hydrogen-bond acceptors (Lipinski definition) is 3. The Balaban J connectivity index is 1.79. The lowest BCUT2D eigenvalue weighted by Crippen LogP contribution is -2.43. The number of halogens is 1. The Morgan fingerprint density at radius 3 is 2.65 bits per heavy atom. The lowest BCUT2D eigenvalue weighted by molar-refractivity contribution is -0.131. The Bertz CT molecular complexity index is 546. The maximum absolute atomic E-state index is 14.2. The fraction of sp³-hybridized carbons (Fsp3) is 0.400. The lowest BCUT2D eigenvalue weighted by Gasteiger charge is -2.34. The van der Waals surface area contributed by atoms with E-state index < -0.39 is 5.97 Å². The Morgan fingerprint density at radius 2 is 2.05 bits per heavy atom. The van der Waals surface area contributed by atoms with E-state index in [0.717, 1.165) is 32.0 Å². The molecule has 2 aliphatic rings. The van der Waals surface area contributed by atoms with Gasteiger partial charge < -0.3 is 14.7 Å². The largest absolute Gasteiger partial charge is 0.478 e. The van der Waals surface area contributed by atoms with E-state index in [1.807, 2.05) is 4.90 Å². The fourth-order valence-corrected chi connectivity index (χ4v) is 2.86. The number of carboxylic acids is 1. The fourth-order valence-electron chi connectivity index (χ4n) is 2.86. The smallest absolute Gasteiger partial charge is 0.328 e. The first-order valence-electron chi connectivity index (χ1n) is 6.73. The summed E-state index contributed by atoms with van der Waals surface area (Å²) < 4.78 is 19.9. The number of fused-ring (bicyclic) bond motifs is 2. The van der Waals surface area contributed by atoms with Gasteiger partial charge >= 0.3 is 5.97 Å². The molecule has 0 amide bonds. The van der Waals surface area contributed by atoms with Gasteiger partial charge in [-0.05, 0) is 36.6 Å². The minimum Gasteiger partial charge on any atom is -0.478 e. The third-order valence-electron chi connectivity index (χ3n) is 3.77. The molecule has 1 aromatic carbocycles. The Kier molecular flexibility index (Phi) is 3.44. The van der Waals surface area contributed by atoms with Gasteiger partial charge in [0.05, 0.1) is 17.9 Å². The highest BCUT2D eigenvalue weighted by Gasteiger charge is 2.34. The van der Waals surface area contributed by atoms with Gasteiger partial charge in [-0.3, -0.25) is 0 Å². The average molecular weight is 277 g/mol. The predicted octanol–water partition coefficient (Wildman–Crippen LogP) is 2.29. The van der Waals surface area contributed by atoms with E-state index in [4.69, 9.17) is 9.84 Å². The van der Waals surface area contributed by atoms with Crippen LogP contribution in [-0.4, -0.2) is 36.4 Å². The Morgan fingerprint density at radius 1 is 1.35 bits per heavy atom. The molecule has 0 saturated carbocycles. The molecule has 2 bridgehead atoms. The predicted molar refractivity (Wildman–Crippen MR) is 73.2 cm³/mol. The molecule has 0 aliphatic carbocycles. The summed E-state index contributed by atoms with van der Waals surface area (Å²) in [7, 11) is 0. The molecule has 1 aromatic rings. The molecule has 3 rings (SSSR count). The highest BCUT2D eigenvalue weighted by Crippen LogP contribution is 2.31. The summed E-state index contributed by atoms with van der Waals surface area (Å²) in [6.45, 7) is 1.44. The summed E-state index contributed by atoms with van der Waals surface area (Å²) in [4.78, 5) is 12.5. The maximum atomic E-state index is 14.2. The lowest BCUT2D eigenvalue weighted by atomic mass is 10.1. The second-order valence-electron chi connectivity index (χ2n) is 5.24. The normalized spacial score (nSPS) is 25.4. The van der Waals surface area contributed by atoms with E-state index in [1.165, 1.54) is 12.1 Å². The molecule has 0 radical (unpaired) electrons. The number of carbonyl (C=O) groups is 1. The van der Waals surface area contributed by atoms with Crippen LogP contribution in [0.5, 0.6) is 0 Å². The average Bonchev–Trinajstić information content (AvgIpc) is 2.75. The van der Waals surface area contributed by atoms with E-state index in [-0.39, 0.29) is 18.0 Å². The first-order chi connectivity index (χ1) is 9.61. The van der Waals surface area contributed by atoms with Crippen molar-refractivity contribution in [3.05, 3.63) is 35.7 Å². The molecular weight excluding hydrogens is 261 g/mol. The SMILES string of the molecule is O=C(O)C=Cc1ccc(N2CC3CCC(C2)O3)c(F)c1. The first kappa shape index (κ1) is 13.1. The van der Waals surface area contributed by atoms with Gasteiger partial charge in [0.15, 0.2) is 0 Å². The molecule has 4 nitrogen and oxygen atoms in total. The summed E-state index contributed by atoms with van der Waals surface area (Å²) in [5, 5.41) is 8.57. The molecule has 0 spiro atoms. The van der Waals surface area contributed by atoms with Crippen molar-refractivity contribution >= 4 is 17.7 Å². The molecule has 2 fully saturated rings. The van der Waals surface area contributed by atoms with Crippen LogP contribution < -0.4 is 4.90 Å². The first-order valence-corrected chi connectivity index (χ1v) is 6.73. The van der Waals surface area contributed by atoms with Gasteiger partial charge in [-0.2, -0.15) is 0 Å². The van der Waals surface area contributed by atoms with Gasteiger partial charge in [-0.15, -0.1) is 0 Å². The van der Waals surface area contributed by atoms with Crippen LogP contribution in [0.25, 0.3) is 6.08 Å². The van der Waals surface area contributed by atoms with E-state index in [1.54, 1.807) is 12.1 Å². The van der Waals surface area contributed by atoms with Gasteiger partial charge in [0.25, 0.3) is 0 Å². The molecule has 5 heteroatoms. The van der Waals surface area contributed by atoms with Crippen LogP contribution >= 0.6 is 0 Å². The number of hydrogen-bond donors (Lipinski definition) is 1. The van der Waals surface area contributed by atoms with Crippen LogP contribution in [0.4, 0.5) is 10.1 Å². The minimum absolute atomic E-state index is 0.208. The van der Waals surface area contributed by atoms with Gasteiger partial charge in [0.2, 0.25) is 0 Å². The van der Waals surface area contributed by atoms with Crippen molar-refractivity contribution in [2.75, 3.05) is 18.0 Å². The highest BCUT2D eigenvalue weighted by atomic mass is 19.1. The molecule has 2 saturated heterocycles. The molecule has 20 heavy (non-hydrogen) atoms. The molecule has 0 aromatic heterocycles. The number of aliphatic carboxylic acids is 1. The standard InChI is InChI=1S/C15H16FNO3/c16-13-7-10(2-6-15(18)19)1-5-14(13)17-8-11-3-4-12(9-17)20-11/h1-2,5-7,11-12H,3-4,8-9H2,(H,18,19). The third-order valence-corrected chi connectivity index (χ3v) is 3.77. The second kappa shape index (κ2) is 5.25. The van der Waals surface area contributed by atoms with Crippen molar-refractivity contribution in [3.63, 3.8) is 0 Å². The number of carboxylic acid groups (broad SMARTS) is 1. The van der Waals surface area contributed by atoms with Crippen molar-refractivity contribution in [1.29, 1.82) is 0 Å². The van der Waals surface area contributed by atoms with Crippen molar-refractivity contribution in [3.8, 4) is 0 Å².